The Labute approximate surface area is 321 Å². The van der Waals surface area contributed by atoms with Crippen molar-refractivity contribution in [3.63, 3.8) is 0 Å². The first-order valence-corrected chi connectivity index (χ1v) is 19.7. The van der Waals surface area contributed by atoms with Crippen LogP contribution in [0.25, 0.3) is 0 Å². The lowest BCUT2D eigenvalue weighted by Crippen LogP contribution is -2.61. The zero-order valence-electron chi connectivity index (χ0n) is 32.2. The number of carbonyl (C=O) groups excluding carboxylic acids is 1. The van der Waals surface area contributed by atoms with Gasteiger partial charge in [0.15, 0.2) is 12.6 Å². The van der Waals surface area contributed by atoms with E-state index in [1.807, 2.05) is 0 Å². The Balaban J connectivity index is 1.63. The summed E-state index contributed by atoms with van der Waals surface area (Å²) in [6.45, 7) is 2.92. The molecule has 2 aliphatic rings. The molecule has 2 heterocycles. The third kappa shape index (κ3) is 18.7. The van der Waals surface area contributed by atoms with Crippen LogP contribution in [-0.4, -0.2) is 142 Å². The second-order valence-corrected chi connectivity index (χ2v) is 13.7. The van der Waals surface area contributed by atoms with Crippen LogP contribution in [0.2, 0.25) is 0 Å². The summed E-state index contributed by atoms with van der Waals surface area (Å²) in [5.41, 5.74) is 0. The monoisotopic (exact) mass is 772 g/mol. The van der Waals surface area contributed by atoms with Crippen molar-refractivity contribution in [2.24, 2.45) is 0 Å². The molecule has 0 aromatic heterocycles. The maximum Gasteiger partial charge on any atom is 0.305 e. The first-order valence-electron chi connectivity index (χ1n) is 19.7. The first kappa shape index (κ1) is 48.1. The van der Waals surface area contributed by atoms with Crippen molar-refractivity contribution in [3.8, 4) is 0 Å². The number of rotatable bonds is 28. The fourth-order valence-corrected chi connectivity index (χ4v) is 5.84. The predicted molar refractivity (Wildman–Crippen MR) is 201 cm³/mol. The van der Waals surface area contributed by atoms with Crippen molar-refractivity contribution >= 4 is 5.97 Å². The van der Waals surface area contributed by atoms with Crippen molar-refractivity contribution in [1.82, 2.24) is 0 Å². The van der Waals surface area contributed by atoms with Crippen LogP contribution in [-0.2, 0) is 33.2 Å². The number of aliphatic hydroxyl groups is 7. The Hall–Kier alpha value is -2.05. The lowest BCUT2D eigenvalue weighted by Gasteiger charge is -2.42. The smallest absolute Gasteiger partial charge is 0.305 e. The minimum atomic E-state index is -1.70. The van der Waals surface area contributed by atoms with Crippen molar-refractivity contribution < 1.29 is 69.0 Å². The molecule has 0 radical (unpaired) electrons. The molecule has 11 unspecified atom stereocenters. The fourth-order valence-electron chi connectivity index (χ4n) is 5.84. The summed E-state index contributed by atoms with van der Waals surface area (Å²) in [5.74, 6) is -0.472. The maximum atomic E-state index is 12.1. The van der Waals surface area contributed by atoms with Crippen LogP contribution in [0.5, 0.6) is 0 Å². The van der Waals surface area contributed by atoms with Gasteiger partial charge in [-0.2, -0.15) is 0 Å². The molecule has 2 fully saturated rings. The van der Waals surface area contributed by atoms with Gasteiger partial charge in [-0.15, -0.1) is 0 Å². The summed E-state index contributed by atoms with van der Waals surface area (Å²) in [4.78, 5) is 12.1. The Bertz CT molecular complexity index is 1080. The van der Waals surface area contributed by atoms with E-state index in [1.165, 1.54) is 19.3 Å². The molecule has 2 saturated heterocycles. The minimum Gasteiger partial charge on any atom is -0.457 e. The van der Waals surface area contributed by atoms with Crippen LogP contribution in [0.1, 0.15) is 97.3 Å². The number of unbranched alkanes of at least 4 members (excludes halogenated alkanes) is 7. The predicted octanol–water partition coefficient (Wildman–Crippen LogP) is 2.89. The summed E-state index contributed by atoms with van der Waals surface area (Å²) >= 11 is 0. The topological polar surface area (TPSA) is 214 Å². The highest BCUT2D eigenvalue weighted by Crippen LogP contribution is 2.26. The SMILES string of the molecule is CC/C=C\C/C=C\C/C=C\C/C=C\CCCCCCCCCOCC(COC1OC(COC2OC(CO)C(O)C(O)C2O)C(O)C(O)C1O)OC(=O)CC. The van der Waals surface area contributed by atoms with Gasteiger partial charge in [-0.05, 0) is 44.9 Å². The van der Waals surface area contributed by atoms with Crippen LogP contribution in [0.15, 0.2) is 48.6 Å². The molecule has 14 nitrogen and oxygen atoms in total. The number of esters is 1. The third-order valence-electron chi connectivity index (χ3n) is 9.16. The number of allylic oxidation sites excluding steroid dienone is 8. The molecule has 0 aliphatic carbocycles. The molecule has 2 rings (SSSR count). The van der Waals surface area contributed by atoms with E-state index in [-0.39, 0.29) is 19.6 Å². The van der Waals surface area contributed by atoms with Gasteiger partial charge in [0.2, 0.25) is 0 Å². The molecule has 7 N–H and O–H groups in total. The van der Waals surface area contributed by atoms with Gasteiger partial charge in [0.25, 0.3) is 0 Å². The standard InChI is InChI=1S/C40H68O14/c1-3-5-6-7-8-9-10-11-12-13-14-15-16-17-18-19-20-21-22-23-24-49-26-29(52-32(42)4-2)27-50-39-38(48)36(46)34(44)31(54-39)28-51-40-37(47)35(45)33(43)30(25-41)53-40/h5-6,8-9,11-12,14-15,29-31,33-41,43-48H,3-4,7,10,13,16-28H2,1-2H3/b6-5-,9-8-,12-11-,15-14-. The molecule has 0 saturated carbocycles. The average Bonchev–Trinajstić information content (AvgIpc) is 3.17. The summed E-state index contributed by atoms with van der Waals surface area (Å²) < 4.78 is 33.3. The van der Waals surface area contributed by atoms with Gasteiger partial charge in [0, 0.05) is 13.0 Å². The fraction of sp³-hybridized carbons (Fsp3) is 0.775. The van der Waals surface area contributed by atoms with E-state index in [1.54, 1.807) is 6.92 Å². The Morgan fingerprint density at radius 1 is 0.611 bits per heavy atom. The van der Waals surface area contributed by atoms with Gasteiger partial charge in [-0.1, -0.05) is 94.6 Å². The highest BCUT2D eigenvalue weighted by atomic mass is 16.7. The van der Waals surface area contributed by atoms with E-state index in [4.69, 9.17) is 28.4 Å². The van der Waals surface area contributed by atoms with Crippen LogP contribution in [0.3, 0.4) is 0 Å². The molecule has 2 aliphatic heterocycles. The number of hydrogen-bond acceptors (Lipinski definition) is 14. The number of hydrogen-bond donors (Lipinski definition) is 7. The van der Waals surface area contributed by atoms with E-state index in [0.29, 0.717) is 6.61 Å². The Kier molecular flexibility index (Phi) is 26.0. The molecule has 0 spiro atoms. The maximum absolute atomic E-state index is 12.1. The van der Waals surface area contributed by atoms with Gasteiger partial charge in [0.05, 0.1) is 26.4 Å². The van der Waals surface area contributed by atoms with Crippen molar-refractivity contribution in [3.05, 3.63) is 48.6 Å². The van der Waals surface area contributed by atoms with E-state index in [2.05, 4.69) is 55.5 Å². The zero-order valence-corrected chi connectivity index (χ0v) is 32.2. The van der Waals surface area contributed by atoms with Crippen LogP contribution >= 0.6 is 0 Å². The minimum absolute atomic E-state index is 0.0423. The van der Waals surface area contributed by atoms with Crippen LogP contribution in [0.4, 0.5) is 0 Å². The lowest BCUT2D eigenvalue weighted by molar-refractivity contribution is -0.332. The second kappa shape index (κ2) is 29.2. The molecule has 11 atom stereocenters. The molecule has 0 aromatic carbocycles. The zero-order chi connectivity index (χ0) is 39.6. The van der Waals surface area contributed by atoms with Crippen LogP contribution in [0, 0.1) is 0 Å². The second-order valence-electron chi connectivity index (χ2n) is 13.7. The van der Waals surface area contributed by atoms with Gasteiger partial charge in [0.1, 0.15) is 54.9 Å². The van der Waals surface area contributed by atoms with Crippen molar-refractivity contribution in [2.75, 3.05) is 33.0 Å². The molecular formula is C40H68O14. The summed E-state index contributed by atoms with van der Waals surface area (Å²) in [5, 5.41) is 71.0. The molecule has 0 aromatic rings. The molecule has 0 amide bonds. The highest BCUT2D eigenvalue weighted by molar-refractivity contribution is 5.69. The molecule has 312 valence electrons. The van der Waals surface area contributed by atoms with Crippen molar-refractivity contribution in [1.29, 1.82) is 0 Å². The van der Waals surface area contributed by atoms with Gasteiger partial charge < -0.3 is 64.2 Å². The van der Waals surface area contributed by atoms with Crippen molar-refractivity contribution in [2.45, 2.75) is 165 Å². The quantitative estimate of drug-likeness (QED) is 0.0346. The molecule has 0 bridgehead atoms. The van der Waals surface area contributed by atoms with E-state index in [0.717, 1.165) is 57.8 Å². The van der Waals surface area contributed by atoms with E-state index in [9.17, 15) is 40.5 Å². The molecule has 14 heteroatoms. The summed E-state index contributed by atoms with van der Waals surface area (Å²) in [6.07, 6.45) is 14.5. The number of ether oxygens (including phenoxy) is 6. The van der Waals surface area contributed by atoms with Gasteiger partial charge >= 0.3 is 5.97 Å². The number of carbonyl (C=O) groups is 1. The van der Waals surface area contributed by atoms with E-state index >= 15 is 0 Å². The van der Waals surface area contributed by atoms with Gasteiger partial charge in [-0.3, -0.25) is 4.79 Å². The Morgan fingerprint density at radius 3 is 1.72 bits per heavy atom. The highest BCUT2D eigenvalue weighted by Gasteiger charge is 2.47. The summed E-state index contributed by atoms with van der Waals surface area (Å²) in [6, 6.07) is 0. The lowest BCUT2D eigenvalue weighted by atomic mass is 9.98. The normalized spacial score (nSPS) is 29.9. The summed E-state index contributed by atoms with van der Waals surface area (Å²) in [7, 11) is 0. The largest absolute Gasteiger partial charge is 0.457 e. The third-order valence-corrected chi connectivity index (χ3v) is 9.16. The molecule has 54 heavy (non-hydrogen) atoms. The number of aliphatic hydroxyl groups excluding tert-OH is 7. The molecular weight excluding hydrogens is 704 g/mol. The average molecular weight is 773 g/mol. The van der Waals surface area contributed by atoms with Crippen LogP contribution < -0.4 is 0 Å². The first-order chi connectivity index (χ1) is 26.1. The van der Waals surface area contributed by atoms with Gasteiger partial charge in [-0.25, -0.2) is 0 Å². The Morgan fingerprint density at radius 2 is 1.13 bits per heavy atom. The van der Waals surface area contributed by atoms with E-state index < -0.39 is 86.7 Å².